The molecule has 0 radical (unpaired) electrons. The first-order valence-corrected chi connectivity index (χ1v) is 16.8. The molecule has 0 saturated carbocycles. The lowest BCUT2D eigenvalue weighted by Crippen LogP contribution is -2.28. The minimum absolute atomic E-state index is 0.529. The van der Waals surface area contributed by atoms with Gasteiger partial charge in [0.15, 0.2) is 5.82 Å². The minimum Gasteiger partial charge on any atom is -0.227 e. The molecule has 10 rings (SSSR count). The monoisotopic (exact) mass is 622 g/mol. The Kier molecular flexibility index (Phi) is 6.13. The molecule has 0 amide bonds. The third-order valence-corrected chi connectivity index (χ3v) is 10.3. The predicted octanol–water partition coefficient (Wildman–Crippen LogP) is 11.6. The summed E-state index contributed by atoms with van der Waals surface area (Å²) >= 11 is 0. The number of fused-ring (bicyclic) bond motifs is 7. The van der Waals surface area contributed by atoms with Crippen molar-refractivity contribution in [3.63, 3.8) is 0 Å². The largest absolute Gasteiger partial charge is 0.227 e. The minimum atomic E-state index is -0.529. The summed E-state index contributed by atoms with van der Waals surface area (Å²) in [7, 11) is 0. The zero-order valence-electron chi connectivity index (χ0n) is 26.7. The maximum Gasteiger partial charge on any atom is 0.160 e. The molecule has 0 aliphatic heterocycles. The molecule has 0 fully saturated rings. The second-order valence-corrected chi connectivity index (χ2v) is 12.9. The standard InChI is InChI=1S/C47H30N2/c1-4-15-32(16-5-1)44-40-27-24-31-14-12-13-23-38(31)45(40)49-46(48-44)35-25-26-39-41-28-33-17-10-11-18-34(33)29-43(41)47(42(39)30-35,36-19-6-2-7-20-36)37-21-8-3-9-22-37/h1-30H. The van der Waals surface area contributed by atoms with Crippen LogP contribution in [0, 0.1) is 0 Å². The van der Waals surface area contributed by atoms with Gasteiger partial charge in [-0.15, -0.1) is 0 Å². The zero-order chi connectivity index (χ0) is 32.4. The molecule has 1 aromatic heterocycles. The maximum absolute atomic E-state index is 5.36. The molecule has 228 valence electrons. The van der Waals surface area contributed by atoms with Crippen molar-refractivity contribution in [3.8, 4) is 33.8 Å². The average molecular weight is 623 g/mol. The SMILES string of the molecule is c1ccc(-c2nc(-c3ccc4c(c3)C(c3ccccc3)(c3ccccc3)c3cc5ccccc5cc3-4)nc3c2ccc2ccccc23)cc1. The topological polar surface area (TPSA) is 25.8 Å². The van der Waals surface area contributed by atoms with Gasteiger partial charge in [-0.25, -0.2) is 9.97 Å². The van der Waals surface area contributed by atoms with E-state index in [1.54, 1.807) is 0 Å². The second kappa shape index (κ2) is 10.8. The Labute approximate surface area is 285 Å². The third kappa shape index (κ3) is 4.14. The normalized spacial score (nSPS) is 13.1. The van der Waals surface area contributed by atoms with Gasteiger partial charge in [0.1, 0.15) is 0 Å². The van der Waals surface area contributed by atoms with Gasteiger partial charge in [0, 0.05) is 21.9 Å². The van der Waals surface area contributed by atoms with Gasteiger partial charge in [-0.1, -0.05) is 158 Å². The number of hydrogen-bond donors (Lipinski definition) is 0. The van der Waals surface area contributed by atoms with Crippen molar-refractivity contribution < 1.29 is 0 Å². The van der Waals surface area contributed by atoms with Crippen LogP contribution in [0.5, 0.6) is 0 Å². The number of hydrogen-bond acceptors (Lipinski definition) is 2. The lowest BCUT2D eigenvalue weighted by molar-refractivity contribution is 0.769. The first kappa shape index (κ1) is 27.7. The molecule has 2 nitrogen and oxygen atoms in total. The molecular formula is C47H30N2. The molecule has 8 aromatic carbocycles. The van der Waals surface area contributed by atoms with Gasteiger partial charge < -0.3 is 0 Å². The molecule has 9 aromatic rings. The lowest BCUT2D eigenvalue weighted by Gasteiger charge is -2.34. The first-order valence-electron chi connectivity index (χ1n) is 16.8. The van der Waals surface area contributed by atoms with Crippen molar-refractivity contribution in [2.45, 2.75) is 5.41 Å². The number of rotatable bonds is 4. The first-order chi connectivity index (χ1) is 24.3. The van der Waals surface area contributed by atoms with Crippen molar-refractivity contribution in [1.29, 1.82) is 0 Å². The van der Waals surface area contributed by atoms with Crippen molar-refractivity contribution in [2.75, 3.05) is 0 Å². The van der Waals surface area contributed by atoms with E-state index < -0.39 is 5.41 Å². The van der Waals surface area contributed by atoms with E-state index in [0.29, 0.717) is 0 Å². The molecule has 0 atom stereocenters. The van der Waals surface area contributed by atoms with Crippen LogP contribution in [0.1, 0.15) is 22.3 Å². The summed E-state index contributed by atoms with van der Waals surface area (Å²) in [6.07, 6.45) is 0. The van der Waals surface area contributed by atoms with E-state index in [1.807, 2.05) is 0 Å². The molecule has 49 heavy (non-hydrogen) atoms. The fourth-order valence-corrected chi connectivity index (χ4v) is 8.12. The Morgan fingerprint density at radius 3 is 1.67 bits per heavy atom. The summed E-state index contributed by atoms with van der Waals surface area (Å²) in [5.41, 5.74) is 11.0. The van der Waals surface area contributed by atoms with E-state index in [1.165, 1.54) is 49.5 Å². The number of aromatic nitrogens is 2. The Morgan fingerprint density at radius 2 is 0.959 bits per heavy atom. The Morgan fingerprint density at radius 1 is 0.367 bits per heavy atom. The molecule has 1 aliphatic rings. The molecular weight excluding hydrogens is 593 g/mol. The fourth-order valence-electron chi connectivity index (χ4n) is 8.12. The molecule has 0 spiro atoms. The third-order valence-electron chi connectivity index (χ3n) is 10.3. The van der Waals surface area contributed by atoms with E-state index in [-0.39, 0.29) is 0 Å². The molecule has 2 heteroatoms. The molecule has 1 aliphatic carbocycles. The van der Waals surface area contributed by atoms with Gasteiger partial charge >= 0.3 is 0 Å². The number of benzene rings is 8. The Hall–Kier alpha value is -6.38. The molecule has 0 N–H and O–H groups in total. The van der Waals surface area contributed by atoms with Crippen LogP contribution in [0.15, 0.2) is 182 Å². The van der Waals surface area contributed by atoms with Gasteiger partial charge in [-0.05, 0) is 73.8 Å². The smallest absolute Gasteiger partial charge is 0.160 e. The summed E-state index contributed by atoms with van der Waals surface area (Å²) in [5.74, 6) is 0.724. The van der Waals surface area contributed by atoms with Gasteiger partial charge in [0.25, 0.3) is 0 Å². The molecule has 1 heterocycles. The van der Waals surface area contributed by atoms with Crippen molar-refractivity contribution in [1.82, 2.24) is 9.97 Å². The Bertz CT molecular complexity index is 2660. The second-order valence-electron chi connectivity index (χ2n) is 12.9. The van der Waals surface area contributed by atoms with Crippen LogP contribution >= 0.6 is 0 Å². The van der Waals surface area contributed by atoms with Crippen LogP contribution in [0.3, 0.4) is 0 Å². The highest BCUT2D eigenvalue weighted by Crippen LogP contribution is 2.57. The Balaban J connectivity index is 1.30. The highest BCUT2D eigenvalue weighted by Gasteiger charge is 2.46. The molecule has 0 unspecified atom stereocenters. The van der Waals surface area contributed by atoms with Crippen LogP contribution in [-0.4, -0.2) is 9.97 Å². The highest BCUT2D eigenvalue weighted by molar-refractivity contribution is 6.09. The van der Waals surface area contributed by atoms with Crippen LogP contribution in [0.2, 0.25) is 0 Å². The van der Waals surface area contributed by atoms with Crippen LogP contribution in [0.25, 0.3) is 66.2 Å². The van der Waals surface area contributed by atoms with Gasteiger partial charge in [-0.2, -0.15) is 0 Å². The zero-order valence-corrected chi connectivity index (χ0v) is 26.7. The summed E-state index contributed by atoms with van der Waals surface area (Å²) in [6, 6.07) is 65.7. The lowest BCUT2D eigenvalue weighted by atomic mass is 9.67. The van der Waals surface area contributed by atoms with E-state index in [4.69, 9.17) is 9.97 Å². The van der Waals surface area contributed by atoms with E-state index in [9.17, 15) is 0 Å². The fraction of sp³-hybridized carbons (Fsp3) is 0.0213. The van der Waals surface area contributed by atoms with Crippen LogP contribution in [-0.2, 0) is 5.41 Å². The highest BCUT2D eigenvalue weighted by atomic mass is 14.9. The molecule has 0 saturated heterocycles. The van der Waals surface area contributed by atoms with Gasteiger partial charge in [0.05, 0.1) is 16.6 Å². The summed E-state index contributed by atoms with van der Waals surface area (Å²) in [5, 5.41) is 5.83. The van der Waals surface area contributed by atoms with Crippen LogP contribution in [0.4, 0.5) is 0 Å². The van der Waals surface area contributed by atoms with Gasteiger partial charge in [0.2, 0.25) is 0 Å². The summed E-state index contributed by atoms with van der Waals surface area (Å²) in [6.45, 7) is 0. The van der Waals surface area contributed by atoms with Crippen molar-refractivity contribution >= 4 is 32.4 Å². The van der Waals surface area contributed by atoms with Crippen molar-refractivity contribution in [2.24, 2.45) is 0 Å². The van der Waals surface area contributed by atoms with E-state index in [0.717, 1.165) is 38.9 Å². The summed E-state index contributed by atoms with van der Waals surface area (Å²) < 4.78 is 0. The summed E-state index contributed by atoms with van der Waals surface area (Å²) in [4.78, 5) is 10.7. The van der Waals surface area contributed by atoms with Crippen molar-refractivity contribution in [3.05, 3.63) is 204 Å². The quantitative estimate of drug-likeness (QED) is 0.183. The average Bonchev–Trinajstić information content (AvgIpc) is 3.46. The van der Waals surface area contributed by atoms with E-state index >= 15 is 0 Å². The maximum atomic E-state index is 5.36. The van der Waals surface area contributed by atoms with Gasteiger partial charge in [-0.3, -0.25) is 0 Å². The molecule has 0 bridgehead atoms. The van der Waals surface area contributed by atoms with E-state index in [2.05, 4.69) is 182 Å². The van der Waals surface area contributed by atoms with Crippen LogP contribution < -0.4 is 0 Å². The predicted molar refractivity (Wildman–Crippen MR) is 203 cm³/mol. The number of nitrogens with zero attached hydrogens (tertiary/aromatic N) is 2.